The van der Waals surface area contributed by atoms with E-state index >= 15 is 0 Å². The standard InChI is InChI=1S/C14H14BrN3O2/c15-11-7-10(8-17-9-11)14(19)18-12-1-3-13(4-2-12)20-6-5-16/h1-4,7-9H,5-6,16H2,(H,18,19). The molecule has 0 saturated carbocycles. The zero-order valence-electron chi connectivity index (χ0n) is 10.7. The van der Waals surface area contributed by atoms with Crippen LogP contribution in [-0.4, -0.2) is 24.0 Å². The molecule has 0 aliphatic carbocycles. The van der Waals surface area contributed by atoms with Crippen LogP contribution < -0.4 is 15.8 Å². The Bertz CT molecular complexity index is 587. The monoisotopic (exact) mass is 335 g/mol. The summed E-state index contributed by atoms with van der Waals surface area (Å²) in [5, 5.41) is 2.79. The summed E-state index contributed by atoms with van der Waals surface area (Å²) < 4.78 is 6.12. The molecular weight excluding hydrogens is 322 g/mol. The topological polar surface area (TPSA) is 77.2 Å². The van der Waals surface area contributed by atoms with Gasteiger partial charge in [-0.05, 0) is 46.3 Å². The minimum absolute atomic E-state index is 0.213. The number of halogens is 1. The van der Waals surface area contributed by atoms with Gasteiger partial charge in [0.1, 0.15) is 12.4 Å². The molecule has 0 unspecified atom stereocenters. The third-order valence-corrected chi connectivity index (χ3v) is 2.90. The number of nitrogens with one attached hydrogen (secondary N) is 1. The fraction of sp³-hybridized carbons (Fsp3) is 0.143. The van der Waals surface area contributed by atoms with Gasteiger partial charge in [-0.3, -0.25) is 9.78 Å². The molecule has 2 rings (SSSR count). The number of carbonyl (C=O) groups excluding carboxylic acids is 1. The first kappa shape index (κ1) is 14.5. The van der Waals surface area contributed by atoms with Crippen LogP contribution in [0.15, 0.2) is 47.2 Å². The quantitative estimate of drug-likeness (QED) is 0.879. The van der Waals surface area contributed by atoms with Gasteiger partial charge in [-0.1, -0.05) is 0 Å². The zero-order valence-corrected chi connectivity index (χ0v) is 12.3. The molecule has 0 fully saturated rings. The SMILES string of the molecule is NCCOc1ccc(NC(=O)c2cncc(Br)c2)cc1. The van der Waals surface area contributed by atoms with Crippen LogP contribution in [0.2, 0.25) is 0 Å². The predicted molar refractivity (Wildman–Crippen MR) is 80.9 cm³/mol. The van der Waals surface area contributed by atoms with E-state index in [0.717, 1.165) is 10.2 Å². The third kappa shape index (κ3) is 4.04. The second-order valence-electron chi connectivity index (χ2n) is 4.01. The van der Waals surface area contributed by atoms with Crippen LogP contribution in [0.5, 0.6) is 5.75 Å². The number of hydrogen-bond acceptors (Lipinski definition) is 4. The summed E-state index contributed by atoms with van der Waals surface area (Å²) >= 11 is 3.28. The first-order valence-corrected chi connectivity index (χ1v) is 6.83. The van der Waals surface area contributed by atoms with Crippen molar-refractivity contribution in [1.82, 2.24) is 4.98 Å². The molecule has 20 heavy (non-hydrogen) atoms. The first-order chi connectivity index (χ1) is 9.69. The van der Waals surface area contributed by atoms with Crippen molar-refractivity contribution >= 4 is 27.5 Å². The van der Waals surface area contributed by atoms with E-state index in [0.29, 0.717) is 24.4 Å². The van der Waals surface area contributed by atoms with E-state index in [4.69, 9.17) is 10.5 Å². The van der Waals surface area contributed by atoms with Crippen LogP contribution in [0.25, 0.3) is 0 Å². The van der Waals surface area contributed by atoms with E-state index in [1.807, 2.05) is 0 Å². The average molecular weight is 336 g/mol. The highest BCUT2D eigenvalue weighted by Crippen LogP contribution is 2.17. The number of carbonyl (C=O) groups is 1. The number of benzene rings is 1. The van der Waals surface area contributed by atoms with E-state index in [1.54, 1.807) is 36.5 Å². The molecule has 1 aromatic heterocycles. The highest BCUT2D eigenvalue weighted by Gasteiger charge is 2.07. The van der Waals surface area contributed by atoms with Crippen molar-refractivity contribution in [3.05, 3.63) is 52.8 Å². The van der Waals surface area contributed by atoms with Gasteiger partial charge in [0.15, 0.2) is 0 Å². The Balaban J connectivity index is 2.01. The van der Waals surface area contributed by atoms with Gasteiger partial charge in [0, 0.05) is 29.1 Å². The lowest BCUT2D eigenvalue weighted by Crippen LogP contribution is -2.12. The number of amides is 1. The van der Waals surface area contributed by atoms with Gasteiger partial charge in [0.2, 0.25) is 0 Å². The van der Waals surface area contributed by atoms with Crippen LogP contribution in [0.1, 0.15) is 10.4 Å². The van der Waals surface area contributed by atoms with Crippen molar-refractivity contribution in [3.63, 3.8) is 0 Å². The van der Waals surface area contributed by atoms with Crippen LogP contribution in [0.4, 0.5) is 5.69 Å². The van der Waals surface area contributed by atoms with Crippen molar-refractivity contribution in [2.45, 2.75) is 0 Å². The zero-order chi connectivity index (χ0) is 14.4. The molecule has 0 spiro atoms. The molecule has 0 atom stereocenters. The molecule has 0 aliphatic rings. The normalized spacial score (nSPS) is 10.1. The number of anilines is 1. The van der Waals surface area contributed by atoms with Gasteiger partial charge >= 0.3 is 0 Å². The molecule has 5 nitrogen and oxygen atoms in total. The summed E-state index contributed by atoms with van der Waals surface area (Å²) in [5.74, 6) is 0.506. The first-order valence-electron chi connectivity index (χ1n) is 6.04. The third-order valence-electron chi connectivity index (χ3n) is 2.47. The Morgan fingerprint density at radius 1 is 1.30 bits per heavy atom. The number of hydrogen-bond donors (Lipinski definition) is 2. The van der Waals surface area contributed by atoms with E-state index in [-0.39, 0.29) is 5.91 Å². The Morgan fingerprint density at radius 3 is 2.70 bits per heavy atom. The Kier molecular flexibility index (Phi) is 5.09. The molecule has 0 saturated heterocycles. The maximum atomic E-state index is 12.0. The largest absolute Gasteiger partial charge is 0.492 e. The molecule has 0 radical (unpaired) electrons. The molecule has 1 heterocycles. The molecule has 104 valence electrons. The van der Waals surface area contributed by atoms with Gasteiger partial charge in [0.25, 0.3) is 5.91 Å². The second-order valence-corrected chi connectivity index (χ2v) is 4.92. The van der Waals surface area contributed by atoms with Gasteiger partial charge in [0.05, 0.1) is 5.56 Å². The summed E-state index contributed by atoms with van der Waals surface area (Å²) in [6.07, 6.45) is 3.14. The van der Waals surface area contributed by atoms with Crippen molar-refractivity contribution < 1.29 is 9.53 Å². The summed E-state index contributed by atoms with van der Waals surface area (Å²) in [6, 6.07) is 8.82. The van der Waals surface area contributed by atoms with Crippen LogP contribution in [-0.2, 0) is 0 Å². The molecule has 1 aromatic carbocycles. The fourth-order valence-electron chi connectivity index (χ4n) is 1.55. The maximum Gasteiger partial charge on any atom is 0.257 e. The van der Waals surface area contributed by atoms with Crippen LogP contribution in [0, 0.1) is 0 Å². The van der Waals surface area contributed by atoms with Gasteiger partial charge in [-0.2, -0.15) is 0 Å². The molecule has 0 aliphatic heterocycles. The minimum atomic E-state index is -0.213. The number of pyridine rings is 1. The van der Waals surface area contributed by atoms with Crippen molar-refractivity contribution in [2.75, 3.05) is 18.5 Å². The summed E-state index contributed by atoms with van der Waals surface area (Å²) in [7, 11) is 0. The minimum Gasteiger partial charge on any atom is -0.492 e. The molecule has 0 bridgehead atoms. The molecular formula is C14H14BrN3O2. The molecule has 1 amide bonds. The Morgan fingerprint density at radius 2 is 2.05 bits per heavy atom. The number of aromatic nitrogens is 1. The Labute approximate surface area is 125 Å². The predicted octanol–water partition coefficient (Wildman–Crippen LogP) is 2.43. The summed E-state index contributed by atoms with van der Waals surface area (Å²) in [5.41, 5.74) is 6.54. The number of nitrogens with zero attached hydrogens (tertiary/aromatic N) is 1. The maximum absolute atomic E-state index is 12.0. The van der Waals surface area contributed by atoms with Gasteiger partial charge in [-0.15, -0.1) is 0 Å². The lowest BCUT2D eigenvalue weighted by molar-refractivity contribution is 0.102. The highest BCUT2D eigenvalue weighted by molar-refractivity contribution is 9.10. The summed E-state index contributed by atoms with van der Waals surface area (Å²) in [4.78, 5) is 16.0. The molecule has 6 heteroatoms. The fourth-order valence-corrected chi connectivity index (χ4v) is 1.92. The van der Waals surface area contributed by atoms with Crippen molar-refractivity contribution in [2.24, 2.45) is 5.73 Å². The Hall–Kier alpha value is -1.92. The van der Waals surface area contributed by atoms with Gasteiger partial charge < -0.3 is 15.8 Å². The van der Waals surface area contributed by atoms with Crippen LogP contribution in [0.3, 0.4) is 0 Å². The van der Waals surface area contributed by atoms with E-state index in [2.05, 4.69) is 26.2 Å². The van der Waals surface area contributed by atoms with Crippen molar-refractivity contribution in [3.8, 4) is 5.75 Å². The van der Waals surface area contributed by atoms with Crippen molar-refractivity contribution in [1.29, 1.82) is 0 Å². The smallest absolute Gasteiger partial charge is 0.257 e. The number of rotatable bonds is 5. The number of nitrogens with two attached hydrogens (primary N) is 1. The van der Waals surface area contributed by atoms with Gasteiger partial charge in [-0.25, -0.2) is 0 Å². The lowest BCUT2D eigenvalue weighted by atomic mass is 10.2. The molecule has 2 aromatic rings. The average Bonchev–Trinajstić information content (AvgIpc) is 2.46. The van der Waals surface area contributed by atoms with E-state index in [1.165, 1.54) is 6.20 Å². The lowest BCUT2D eigenvalue weighted by Gasteiger charge is -2.07. The highest BCUT2D eigenvalue weighted by atomic mass is 79.9. The van der Waals surface area contributed by atoms with Crippen LogP contribution >= 0.6 is 15.9 Å². The number of ether oxygens (including phenoxy) is 1. The molecule has 3 N–H and O–H groups in total. The second kappa shape index (κ2) is 7.02. The van der Waals surface area contributed by atoms with E-state index < -0.39 is 0 Å². The summed E-state index contributed by atoms with van der Waals surface area (Å²) in [6.45, 7) is 0.934. The van der Waals surface area contributed by atoms with E-state index in [9.17, 15) is 4.79 Å².